The third-order valence-electron chi connectivity index (χ3n) is 1.68. The zero-order valence-corrected chi connectivity index (χ0v) is 8.33. The quantitative estimate of drug-likeness (QED) is 0.623. The number of carbonyl (C=O) groups excluding carboxylic acids is 1. The van der Waals surface area contributed by atoms with Gasteiger partial charge in [0.05, 0.1) is 5.56 Å². The molecule has 0 bridgehead atoms. The van der Waals surface area contributed by atoms with Gasteiger partial charge in [0.25, 0.3) is 6.43 Å². The molecule has 0 atom stereocenters. The average Bonchev–Trinajstić information content (AvgIpc) is 2.26. The van der Waals surface area contributed by atoms with Crippen LogP contribution in [-0.2, 0) is 0 Å². The van der Waals surface area contributed by atoms with Gasteiger partial charge in [0, 0.05) is 0 Å². The van der Waals surface area contributed by atoms with Crippen molar-refractivity contribution in [3.05, 3.63) is 23.0 Å². The fourth-order valence-electron chi connectivity index (χ4n) is 1.09. The van der Waals surface area contributed by atoms with E-state index in [0.29, 0.717) is 6.07 Å². The van der Waals surface area contributed by atoms with Gasteiger partial charge >= 0.3 is 6.36 Å². The SMILES string of the molecule is N#Cc1cc(C=O)nc(C(F)F)c1OC(F)(F)F. The molecule has 0 aliphatic heterocycles. The summed E-state index contributed by atoms with van der Waals surface area (Å²) in [5.41, 5.74) is -2.84. The molecule has 0 N–H and O–H groups in total. The number of nitriles is 1. The van der Waals surface area contributed by atoms with E-state index in [9.17, 15) is 26.7 Å². The van der Waals surface area contributed by atoms with Gasteiger partial charge in [-0.2, -0.15) is 5.26 Å². The molecule has 0 unspecified atom stereocenters. The van der Waals surface area contributed by atoms with Crippen LogP contribution < -0.4 is 4.74 Å². The molecule has 1 heterocycles. The van der Waals surface area contributed by atoms with E-state index < -0.39 is 35.5 Å². The Morgan fingerprint density at radius 3 is 2.44 bits per heavy atom. The average molecular weight is 266 g/mol. The minimum absolute atomic E-state index is 0.0318. The molecule has 4 nitrogen and oxygen atoms in total. The molecule has 1 aromatic heterocycles. The number of pyridine rings is 1. The minimum atomic E-state index is -5.25. The number of nitrogens with zero attached hydrogens (tertiary/aromatic N) is 2. The van der Waals surface area contributed by atoms with E-state index in [1.54, 1.807) is 0 Å². The van der Waals surface area contributed by atoms with E-state index in [4.69, 9.17) is 5.26 Å². The maximum Gasteiger partial charge on any atom is 0.573 e. The molecular weight excluding hydrogens is 263 g/mol. The predicted molar refractivity (Wildman–Crippen MR) is 46.0 cm³/mol. The Balaban J connectivity index is 3.45. The molecule has 18 heavy (non-hydrogen) atoms. The first-order valence-electron chi connectivity index (χ1n) is 4.22. The Kier molecular flexibility index (Phi) is 3.80. The summed E-state index contributed by atoms with van der Waals surface area (Å²) < 4.78 is 64.4. The van der Waals surface area contributed by atoms with Crippen LogP contribution in [0.5, 0.6) is 5.75 Å². The molecule has 0 fully saturated rings. The number of halogens is 5. The monoisotopic (exact) mass is 266 g/mol. The molecule has 0 aliphatic rings. The first-order valence-corrected chi connectivity index (χ1v) is 4.22. The van der Waals surface area contributed by atoms with Crippen LogP contribution in [0.3, 0.4) is 0 Å². The van der Waals surface area contributed by atoms with E-state index in [0.717, 1.165) is 0 Å². The minimum Gasteiger partial charge on any atom is -0.402 e. The molecule has 96 valence electrons. The van der Waals surface area contributed by atoms with Crippen molar-refractivity contribution >= 4 is 6.29 Å². The number of hydrogen-bond acceptors (Lipinski definition) is 4. The normalized spacial score (nSPS) is 11.2. The maximum absolute atomic E-state index is 12.5. The lowest BCUT2D eigenvalue weighted by Crippen LogP contribution is -2.20. The van der Waals surface area contributed by atoms with E-state index in [1.165, 1.54) is 6.07 Å². The number of ether oxygens (including phenoxy) is 1. The number of aldehydes is 1. The summed E-state index contributed by atoms with van der Waals surface area (Å²) in [6, 6.07) is 1.86. The van der Waals surface area contributed by atoms with Gasteiger partial charge in [-0.05, 0) is 6.07 Å². The van der Waals surface area contributed by atoms with Crippen LogP contribution in [0, 0.1) is 11.3 Å². The third kappa shape index (κ3) is 3.13. The lowest BCUT2D eigenvalue weighted by Gasteiger charge is -2.13. The lowest BCUT2D eigenvalue weighted by atomic mass is 10.2. The zero-order valence-electron chi connectivity index (χ0n) is 8.33. The van der Waals surface area contributed by atoms with Crippen molar-refractivity contribution in [1.82, 2.24) is 4.98 Å². The van der Waals surface area contributed by atoms with Crippen LogP contribution in [-0.4, -0.2) is 17.6 Å². The second-order valence-electron chi connectivity index (χ2n) is 2.89. The summed E-state index contributed by atoms with van der Waals surface area (Å²) in [6.07, 6.45) is -8.64. The third-order valence-corrected chi connectivity index (χ3v) is 1.68. The predicted octanol–water partition coefficient (Wildman–Crippen LogP) is 2.60. The summed E-state index contributed by atoms with van der Waals surface area (Å²) in [7, 11) is 0. The molecule has 9 heteroatoms. The Hall–Kier alpha value is -2.24. The van der Waals surface area contributed by atoms with E-state index >= 15 is 0 Å². The van der Waals surface area contributed by atoms with E-state index in [1.807, 2.05) is 0 Å². The van der Waals surface area contributed by atoms with Gasteiger partial charge in [0.15, 0.2) is 17.7 Å². The molecule has 0 saturated heterocycles. The molecule has 1 aromatic rings. The highest BCUT2D eigenvalue weighted by Gasteiger charge is 2.35. The van der Waals surface area contributed by atoms with Crippen molar-refractivity contribution < 1.29 is 31.5 Å². The first-order chi connectivity index (χ1) is 8.28. The standard InChI is InChI=1S/C9H3F5N2O2/c10-8(11)6-7(18-9(12,13)14)4(2-15)1-5(3-17)16-6/h1,3,8H. The second kappa shape index (κ2) is 4.95. The zero-order chi connectivity index (χ0) is 13.9. The van der Waals surface area contributed by atoms with Crippen LogP contribution in [0.15, 0.2) is 6.07 Å². The van der Waals surface area contributed by atoms with Crippen molar-refractivity contribution in [2.75, 3.05) is 0 Å². The van der Waals surface area contributed by atoms with Gasteiger partial charge in [0.2, 0.25) is 0 Å². The van der Waals surface area contributed by atoms with Gasteiger partial charge < -0.3 is 4.74 Å². The van der Waals surface area contributed by atoms with Crippen LogP contribution in [0.4, 0.5) is 22.0 Å². The molecule has 0 aromatic carbocycles. The Morgan fingerprint density at radius 1 is 1.44 bits per heavy atom. The summed E-state index contributed by atoms with van der Waals surface area (Å²) in [5.74, 6) is -1.40. The molecule has 0 amide bonds. The molecule has 0 saturated carbocycles. The topological polar surface area (TPSA) is 63.0 Å². The smallest absolute Gasteiger partial charge is 0.402 e. The highest BCUT2D eigenvalue weighted by molar-refractivity contribution is 5.73. The Bertz CT molecular complexity index is 507. The summed E-state index contributed by atoms with van der Waals surface area (Å²) >= 11 is 0. The molecule has 0 aliphatic carbocycles. The first kappa shape index (κ1) is 13.8. The summed E-state index contributed by atoms with van der Waals surface area (Å²) in [6.45, 7) is 0. The summed E-state index contributed by atoms with van der Waals surface area (Å²) in [5, 5.41) is 8.56. The molecule has 0 spiro atoms. The fourth-order valence-corrected chi connectivity index (χ4v) is 1.09. The second-order valence-corrected chi connectivity index (χ2v) is 2.89. The van der Waals surface area contributed by atoms with Crippen LogP contribution in [0.1, 0.15) is 28.2 Å². The van der Waals surface area contributed by atoms with Crippen molar-refractivity contribution in [2.24, 2.45) is 0 Å². The van der Waals surface area contributed by atoms with Crippen molar-refractivity contribution in [3.63, 3.8) is 0 Å². The fraction of sp³-hybridized carbons (Fsp3) is 0.222. The van der Waals surface area contributed by atoms with Crippen LogP contribution in [0.2, 0.25) is 0 Å². The highest BCUT2D eigenvalue weighted by Crippen LogP contribution is 2.34. The maximum atomic E-state index is 12.5. The van der Waals surface area contributed by atoms with Crippen molar-refractivity contribution in [3.8, 4) is 11.8 Å². The summed E-state index contributed by atoms with van der Waals surface area (Å²) in [4.78, 5) is 13.4. The number of carbonyl (C=O) groups is 1. The lowest BCUT2D eigenvalue weighted by molar-refractivity contribution is -0.275. The van der Waals surface area contributed by atoms with E-state index in [-0.39, 0.29) is 6.29 Å². The Labute approximate surface area is 96.6 Å². The number of alkyl halides is 5. The number of hydrogen-bond donors (Lipinski definition) is 0. The van der Waals surface area contributed by atoms with Gasteiger partial charge in [-0.15, -0.1) is 13.2 Å². The highest BCUT2D eigenvalue weighted by atomic mass is 19.4. The Morgan fingerprint density at radius 2 is 2.06 bits per heavy atom. The van der Waals surface area contributed by atoms with Gasteiger partial charge in [-0.25, -0.2) is 13.8 Å². The van der Waals surface area contributed by atoms with Gasteiger partial charge in [0.1, 0.15) is 11.8 Å². The molecular formula is C9H3F5N2O2. The molecule has 0 radical (unpaired) electrons. The van der Waals surface area contributed by atoms with E-state index in [2.05, 4.69) is 9.72 Å². The van der Waals surface area contributed by atoms with Crippen molar-refractivity contribution in [1.29, 1.82) is 5.26 Å². The largest absolute Gasteiger partial charge is 0.573 e. The number of rotatable bonds is 3. The van der Waals surface area contributed by atoms with Crippen molar-refractivity contribution in [2.45, 2.75) is 12.8 Å². The van der Waals surface area contributed by atoms with Crippen LogP contribution in [0.25, 0.3) is 0 Å². The van der Waals surface area contributed by atoms with Gasteiger partial charge in [-0.1, -0.05) is 0 Å². The molecule has 1 rings (SSSR count). The number of aromatic nitrogens is 1. The van der Waals surface area contributed by atoms with Gasteiger partial charge in [-0.3, -0.25) is 4.79 Å². The van der Waals surface area contributed by atoms with Crippen LogP contribution >= 0.6 is 0 Å².